The van der Waals surface area contributed by atoms with E-state index < -0.39 is 0 Å². The molecule has 4 fully saturated rings. The summed E-state index contributed by atoms with van der Waals surface area (Å²) < 4.78 is 45.9. The fourth-order valence-corrected chi connectivity index (χ4v) is 3.55. The van der Waals surface area contributed by atoms with Crippen LogP contribution in [0.1, 0.15) is 11.1 Å². The molecule has 0 amide bonds. The van der Waals surface area contributed by atoms with Crippen LogP contribution in [0, 0.1) is 0 Å². The van der Waals surface area contributed by atoms with Crippen LogP contribution in [-0.4, -0.2) is 77.3 Å². The molecule has 0 aromatic heterocycles. The van der Waals surface area contributed by atoms with E-state index in [1.165, 1.54) is 0 Å². The highest BCUT2D eigenvalue weighted by Crippen LogP contribution is 2.38. The molecule has 8 heteroatoms. The number of hydrogen-bond acceptors (Lipinski definition) is 8. The lowest BCUT2D eigenvalue weighted by molar-refractivity contribution is 0.245. The smallest absolute Gasteiger partial charge is 0.126 e. The molecule has 4 heterocycles. The third-order valence-corrected chi connectivity index (χ3v) is 5.84. The third-order valence-electron chi connectivity index (χ3n) is 5.84. The van der Waals surface area contributed by atoms with Crippen LogP contribution in [0.2, 0.25) is 0 Å². The van der Waals surface area contributed by atoms with Crippen molar-refractivity contribution >= 4 is 0 Å². The van der Waals surface area contributed by atoms with Gasteiger partial charge < -0.3 is 37.9 Å². The molecule has 4 aliphatic rings. The second-order valence-electron chi connectivity index (χ2n) is 8.71. The summed E-state index contributed by atoms with van der Waals surface area (Å²) in [5, 5.41) is 0. The Morgan fingerprint density at radius 2 is 0.788 bits per heavy atom. The highest BCUT2D eigenvalue weighted by molar-refractivity contribution is 5.53. The molecule has 4 unspecified atom stereocenters. The topological polar surface area (TPSA) is 87.0 Å². The van der Waals surface area contributed by atoms with E-state index in [9.17, 15) is 0 Å². The Labute approximate surface area is 192 Å². The fourth-order valence-electron chi connectivity index (χ4n) is 3.55. The molecule has 33 heavy (non-hydrogen) atoms. The van der Waals surface area contributed by atoms with Crippen molar-refractivity contribution in [3.63, 3.8) is 0 Å². The van der Waals surface area contributed by atoms with E-state index in [-0.39, 0.29) is 24.4 Å². The zero-order valence-electron chi connectivity index (χ0n) is 18.4. The average molecular weight is 456 g/mol. The number of epoxide rings is 4. The molecule has 0 spiro atoms. The van der Waals surface area contributed by atoms with E-state index in [0.717, 1.165) is 60.6 Å². The van der Waals surface area contributed by atoms with Gasteiger partial charge in [0.2, 0.25) is 0 Å². The second-order valence-corrected chi connectivity index (χ2v) is 8.71. The Morgan fingerprint density at radius 1 is 0.515 bits per heavy atom. The SMILES string of the molecule is c1cc(OCC2CO2)c(Cc2c(OCC3CO3)cccc2OCC2CO2)c(OCC2CO2)c1. The Morgan fingerprint density at radius 3 is 1.03 bits per heavy atom. The molecule has 2 aromatic carbocycles. The van der Waals surface area contributed by atoms with Crippen LogP contribution in [0.15, 0.2) is 36.4 Å². The van der Waals surface area contributed by atoms with Gasteiger partial charge in [-0.15, -0.1) is 0 Å². The minimum Gasteiger partial charge on any atom is -0.490 e. The molecule has 2 aromatic rings. The largest absolute Gasteiger partial charge is 0.490 e. The molecular formula is C25H28O8. The number of ether oxygens (including phenoxy) is 8. The second kappa shape index (κ2) is 9.38. The zero-order chi connectivity index (χ0) is 22.0. The van der Waals surface area contributed by atoms with Gasteiger partial charge in [-0.3, -0.25) is 0 Å². The molecular weight excluding hydrogens is 428 g/mol. The Bertz CT molecular complexity index is 817. The van der Waals surface area contributed by atoms with Gasteiger partial charge in [0.05, 0.1) is 26.4 Å². The van der Waals surface area contributed by atoms with Crippen LogP contribution in [0.25, 0.3) is 0 Å². The lowest BCUT2D eigenvalue weighted by Crippen LogP contribution is -2.12. The van der Waals surface area contributed by atoms with Gasteiger partial charge in [0.25, 0.3) is 0 Å². The summed E-state index contributed by atoms with van der Waals surface area (Å²) in [5.41, 5.74) is 1.90. The van der Waals surface area contributed by atoms with Crippen LogP contribution in [0.5, 0.6) is 23.0 Å². The van der Waals surface area contributed by atoms with E-state index in [1.54, 1.807) is 0 Å². The summed E-state index contributed by atoms with van der Waals surface area (Å²) in [6.45, 7) is 5.03. The molecule has 6 rings (SSSR count). The van der Waals surface area contributed by atoms with Crippen LogP contribution in [-0.2, 0) is 25.4 Å². The first kappa shape index (κ1) is 21.0. The number of benzene rings is 2. The van der Waals surface area contributed by atoms with Gasteiger partial charge in [-0.1, -0.05) is 12.1 Å². The molecule has 4 atom stereocenters. The van der Waals surface area contributed by atoms with E-state index in [1.807, 2.05) is 36.4 Å². The Hall–Kier alpha value is -2.52. The molecule has 4 saturated heterocycles. The van der Waals surface area contributed by atoms with Gasteiger partial charge in [0.1, 0.15) is 73.8 Å². The minimum absolute atomic E-state index is 0.161. The van der Waals surface area contributed by atoms with Crippen LogP contribution in [0.4, 0.5) is 0 Å². The quantitative estimate of drug-likeness (QED) is 0.401. The van der Waals surface area contributed by atoms with Crippen molar-refractivity contribution in [3.05, 3.63) is 47.5 Å². The van der Waals surface area contributed by atoms with Crippen molar-refractivity contribution in [3.8, 4) is 23.0 Å². The molecule has 0 radical (unpaired) electrons. The van der Waals surface area contributed by atoms with E-state index in [0.29, 0.717) is 32.8 Å². The van der Waals surface area contributed by atoms with Gasteiger partial charge in [-0.2, -0.15) is 0 Å². The van der Waals surface area contributed by atoms with Gasteiger partial charge in [0, 0.05) is 17.5 Å². The van der Waals surface area contributed by atoms with E-state index in [4.69, 9.17) is 37.9 Å². The monoisotopic (exact) mass is 456 g/mol. The average Bonchev–Trinajstić information content (AvgIpc) is 3.66. The maximum absolute atomic E-state index is 6.13. The maximum atomic E-state index is 6.13. The van der Waals surface area contributed by atoms with Crippen molar-refractivity contribution < 1.29 is 37.9 Å². The predicted molar refractivity (Wildman–Crippen MR) is 117 cm³/mol. The van der Waals surface area contributed by atoms with Gasteiger partial charge in [0.15, 0.2) is 0 Å². The van der Waals surface area contributed by atoms with E-state index in [2.05, 4.69) is 0 Å². The summed E-state index contributed by atoms with van der Waals surface area (Å²) in [6, 6.07) is 11.8. The number of hydrogen-bond donors (Lipinski definition) is 0. The molecule has 8 nitrogen and oxygen atoms in total. The highest BCUT2D eigenvalue weighted by atomic mass is 16.6. The van der Waals surface area contributed by atoms with Crippen molar-refractivity contribution in [1.82, 2.24) is 0 Å². The van der Waals surface area contributed by atoms with Crippen LogP contribution >= 0.6 is 0 Å². The van der Waals surface area contributed by atoms with Crippen molar-refractivity contribution in [2.24, 2.45) is 0 Å². The standard InChI is InChI=1S/C25H28O8/c1-3-22(30-12-16-8-26-16)20(23(4-1)31-13-17-9-27-17)7-21-24(32-14-18-10-28-18)5-2-6-25(21)33-15-19-11-29-19/h1-6,16-19H,7-15H2. The summed E-state index contributed by atoms with van der Waals surface area (Å²) in [6.07, 6.45) is 1.18. The number of rotatable bonds is 14. The maximum Gasteiger partial charge on any atom is 0.126 e. The first-order valence-electron chi connectivity index (χ1n) is 11.5. The summed E-state index contributed by atoms with van der Waals surface area (Å²) in [7, 11) is 0. The third kappa shape index (κ3) is 5.89. The summed E-state index contributed by atoms with van der Waals surface area (Å²) in [5.74, 6) is 3.10. The van der Waals surface area contributed by atoms with Crippen molar-refractivity contribution in [2.75, 3.05) is 52.9 Å². The Kier molecular flexibility index (Phi) is 5.98. The summed E-state index contributed by atoms with van der Waals surface area (Å²) >= 11 is 0. The first-order valence-corrected chi connectivity index (χ1v) is 11.5. The van der Waals surface area contributed by atoms with Crippen molar-refractivity contribution in [2.45, 2.75) is 30.8 Å². The predicted octanol–water partition coefficient (Wildman–Crippen LogP) is 2.39. The normalized spacial score (nSPS) is 26.4. The highest BCUT2D eigenvalue weighted by Gasteiger charge is 2.28. The van der Waals surface area contributed by atoms with Gasteiger partial charge >= 0.3 is 0 Å². The van der Waals surface area contributed by atoms with Crippen molar-refractivity contribution in [1.29, 1.82) is 0 Å². The van der Waals surface area contributed by atoms with Gasteiger partial charge in [-0.25, -0.2) is 0 Å². The van der Waals surface area contributed by atoms with E-state index >= 15 is 0 Å². The molecule has 0 aliphatic carbocycles. The lowest BCUT2D eigenvalue weighted by Gasteiger charge is -2.20. The molecule has 0 bridgehead atoms. The van der Waals surface area contributed by atoms with Crippen LogP contribution < -0.4 is 18.9 Å². The zero-order valence-corrected chi connectivity index (χ0v) is 18.4. The first-order chi connectivity index (χ1) is 16.3. The fraction of sp³-hybridized carbons (Fsp3) is 0.520. The minimum atomic E-state index is 0.161. The molecule has 4 aliphatic heterocycles. The molecule has 176 valence electrons. The molecule has 0 N–H and O–H groups in total. The van der Waals surface area contributed by atoms with Crippen LogP contribution in [0.3, 0.4) is 0 Å². The van der Waals surface area contributed by atoms with Gasteiger partial charge in [-0.05, 0) is 24.3 Å². The molecule has 0 saturated carbocycles. The Balaban J connectivity index is 1.29. The summed E-state index contributed by atoms with van der Waals surface area (Å²) in [4.78, 5) is 0. The lowest BCUT2D eigenvalue weighted by atomic mass is 10.0.